The number of nitrogens with zero attached hydrogens (tertiary/aromatic N) is 1. The summed E-state index contributed by atoms with van der Waals surface area (Å²) in [5.41, 5.74) is 2.20. The highest BCUT2D eigenvalue weighted by Gasteiger charge is 2.34. The van der Waals surface area contributed by atoms with Gasteiger partial charge in [0.2, 0.25) is 5.91 Å². The van der Waals surface area contributed by atoms with E-state index in [0.717, 1.165) is 20.5 Å². The molecule has 1 amide bonds. The summed E-state index contributed by atoms with van der Waals surface area (Å²) in [6.07, 6.45) is 5.83. The summed E-state index contributed by atoms with van der Waals surface area (Å²) >= 11 is 4.96. The molecule has 0 N–H and O–H groups in total. The molecule has 0 unspecified atom stereocenters. The third kappa shape index (κ3) is 4.78. The van der Waals surface area contributed by atoms with Crippen LogP contribution in [0.15, 0.2) is 21.5 Å². The van der Waals surface area contributed by atoms with E-state index in [0.29, 0.717) is 6.42 Å². The lowest BCUT2D eigenvalue weighted by Crippen LogP contribution is -2.42. The summed E-state index contributed by atoms with van der Waals surface area (Å²) in [6, 6.07) is 3.78. The monoisotopic (exact) mass is 429 g/mol. The molecule has 0 saturated carbocycles. The average molecular weight is 430 g/mol. The minimum atomic E-state index is -3.05. The molecule has 1 aliphatic rings. The third-order valence-corrected chi connectivity index (χ3v) is 7.79. The minimum absolute atomic E-state index is 0.0154. The van der Waals surface area contributed by atoms with E-state index in [-0.39, 0.29) is 35.8 Å². The summed E-state index contributed by atoms with van der Waals surface area (Å²) in [5.74, 6) is 2.76. The van der Waals surface area contributed by atoms with E-state index in [1.807, 2.05) is 26.0 Å². The van der Waals surface area contributed by atoms with Gasteiger partial charge in [-0.1, -0.05) is 21.9 Å². The molecule has 0 aliphatic carbocycles. The van der Waals surface area contributed by atoms with Crippen LogP contribution in [0.4, 0.5) is 0 Å². The molecule has 0 bridgehead atoms. The van der Waals surface area contributed by atoms with E-state index >= 15 is 0 Å². The molecule has 1 aliphatic heterocycles. The maximum Gasteiger partial charge on any atom is 0.234 e. The number of benzene rings is 1. The summed E-state index contributed by atoms with van der Waals surface area (Å²) in [7, 11) is -3.05. The summed E-state index contributed by atoms with van der Waals surface area (Å²) < 4.78 is 24.4. The Morgan fingerprint density at radius 3 is 2.71 bits per heavy atom. The van der Waals surface area contributed by atoms with Crippen LogP contribution in [0.1, 0.15) is 17.5 Å². The van der Waals surface area contributed by atoms with Gasteiger partial charge in [0.25, 0.3) is 0 Å². The van der Waals surface area contributed by atoms with Crippen molar-refractivity contribution in [1.29, 1.82) is 0 Å². The number of terminal acetylenes is 1. The van der Waals surface area contributed by atoms with Gasteiger partial charge in [-0.25, -0.2) is 8.42 Å². The molecule has 1 heterocycles. The fraction of sp³-hybridized carbons (Fsp3) is 0.471. The van der Waals surface area contributed by atoms with Crippen molar-refractivity contribution in [1.82, 2.24) is 4.90 Å². The van der Waals surface area contributed by atoms with E-state index in [4.69, 9.17) is 6.42 Å². The lowest BCUT2D eigenvalue weighted by Gasteiger charge is -2.26. The molecule has 0 aromatic heterocycles. The van der Waals surface area contributed by atoms with Crippen molar-refractivity contribution in [3.63, 3.8) is 0 Å². The van der Waals surface area contributed by atoms with Crippen LogP contribution in [0.25, 0.3) is 0 Å². The van der Waals surface area contributed by atoms with Crippen molar-refractivity contribution in [2.24, 2.45) is 0 Å². The Hall–Kier alpha value is -0.970. The Morgan fingerprint density at radius 1 is 1.42 bits per heavy atom. The van der Waals surface area contributed by atoms with Crippen molar-refractivity contribution in [3.8, 4) is 12.3 Å². The van der Waals surface area contributed by atoms with Gasteiger partial charge in [0, 0.05) is 15.4 Å². The first-order valence-electron chi connectivity index (χ1n) is 7.56. The predicted molar refractivity (Wildman–Crippen MR) is 102 cm³/mol. The highest BCUT2D eigenvalue weighted by atomic mass is 79.9. The summed E-state index contributed by atoms with van der Waals surface area (Å²) in [6.45, 7) is 4.15. The first kappa shape index (κ1) is 19.4. The van der Waals surface area contributed by atoms with E-state index in [1.54, 1.807) is 4.90 Å². The van der Waals surface area contributed by atoms with Gasteiger partial charge in [-0.05, 0) is 43.5 Å². The Kier molecular flexibility index (Phi) is 6.40. The summed E-state index contributed by atoms with van der Waals surface area (Å²) in [5, 5.41) is 0. The van der Waals surface area contributed by atoms with Crippen molar-refractivity contribution < 1.29 is 13.2 Å². The van der Waals surface area contributed by atoms with Crippen LogP contribution < -0.4 is 0 Å². The van der Waals surface area contributed by atoms with Crippen molar-refractivity contribution in [2.75, 3.05) is 23.8 Å². The molecular weight excluding hydrogens is 410 g/mol. The SMILES string of the molecule is C#CCN(C(=O)CSc1cc(C)c(Br)cc1C)[C@@H]1CCS(=O)(=O)C1. The molecule has 1 saturated heterocycles. The molecule has 1 fully saturated rings. The first-order chi connectivity index (χ1) is 11.2. The van der Waals surface area contributed by atoms with Crippen LogP contribution in [0.3, 0.4) is 0 Å². The van der Waals surface area contributed by atoms with E-state index in [2.05, 4.69) is 21.9 Å². The zero-order valence-electron chi connectivity index (χ0n) is 13.7. The van der Waals surface area contributed by atoms with Gasteiger partial charge in [0.05, 0.1) is 23.8 Å². The number of carbonyl (C=O) groups is 1. The van der Waals surface area contributed by atoms with E-state index < -0.39 is 9.84 Å². The Bertz CT molecular complexity index is 784. The molecule has 2 rings (SSSR count). The van der Waals surface area contributed by atoms with Gasteiger partial charge in [-0.15, -0.1) is 18.2 Å². The smallest absolute Gasteiger partial charge is 0.234 e. The van der Waals surface area contributed by atoms with Gasteiger partial charge in [-0.2, -0.15) is 0 Å². The zero-order chi connectivity index (χ0) is 17.9. The second-order valence-corrected chi connectivity index (χ2v) is 10.0. The number of amides is 1. The number of hydrogen-bond donors (Lipinski definition) is 0. The van der Waals surface area contributed by atoms with E-state index in [1.165, 1.54) is 11.8 Å². The lowest BCUT2D eigenvalue weighted by molar-refractivity contribution is -0.129. The third-order valence-electron chi connectivity index (χ3n) is 4.04. The number of thioether (sulfide) groups is 1. The lowest BCUT2D eigenvalue weighted by atomic mass is 10.2. The predicted octanol–water partition coefficient (Wildman–Crippen LogP) is 2.81. The van der Waals surface area contributed by atoms with Gasteiger partial charge in [-0.3, -0.25) is 4.79 Å². The van der Waals surface area contributed by atoms with Crippen LogP contribution in [-0.4, -0.2) is 49.1 Å². The largest absolute Gasteiger partial charge is 0.327 e. The second kappa shape index (κ2) is 7.94. The molecule has 7 heteroatoms. The van der Waals surface area contributed by atoms with Crippen LogP contribution >= 0.6 is 27.7 Å². The van der Waals surface area contributed by atoms with Crippen LogP contribution in [0.5, 0.6) is 0 Å². The zero-order valence-corrected chi connectivity index (χ0v) is 16.9. The molecule has 130 valence electrons. The van der Waals surface area contributed by atoms with Gasteiger partial charge < -0.3 is 4.90 Å². The van der Waals surface area contributed by atoms with Crippen LogP contribution in [0.2, 0.25) is 0 Å². The van der Waals surface area contributed by atoms with Crippen molar-refractivity contribution >= 4 is 43.4 Å². The quantitative estimate of drug-likeness (QED) is 0.533. The molecule has 24 heavy (non-hydrogen) atoms. The maximum absolute atomic E-state index is 12.6. The highest BCUT2D eigenvalue weighted by molar-refractivity contribution is 9.10. The van der Waals surface area contributed by atoms with Crippen molar-refractivity contribution in [3.05, 3.63) is 27.7 Å². The summed E-state index contributed by atoms with van der Waals surface area (Å²) in [4.78, 5) is 15.2. The number of hydrogen-bond acceptors (Lipinski definition) is 4. The number of sulfone groups is 1. The Labute approximate surface area is 156 Å². The number of rotatable bonds is 5. The maximum atomic E-state index is 12.6. The van der Waals surface area contributed by atoms with Gasteiger partial charge >= 0.3 is 0 Å². The number of aryl methyl sites for hydroxylation is 2. The second-order valence-electron chi connectivity index (χ2n) is 5.94. The molecule has 1 aromatic rings. The van der Waals surface area contributed by atoms with Crippen molar-refractivity contribution in [2.45, 2.75) is 31.2 Å². The molecule has 1 aromatic carbocycles. The molecule has 1 atom stereocenters. The fourth-order valence-corrected chi connectivity index (χ4v) is 5.85. The molecule has 4 nitrogen and oxygen atoms in total. The normalized spacial score (nSPS) is 19.0. The Morgan fingerprint density at radius 2 is 2.12 bits per heavy atom. The topological polar surface area (TPSA) is 54.5 Å². The van der Waals surface area contributed by atoms with Crippen LogP contribution in [0, 0.1) is 26.2 Å². The van der Waals surface area contributed by atoms with Crippen LogP contribution in [-0.2, 0) is 14.6 Å². The number of halogens is 1. The van der Waals surface area contributed by atoms with E-state index in [9.17, 15) is 13.2 Å². The standard InChI is InChI=1S/C17H20BrNO3S2/c1-4-6-19(14-5-7-24(21,22)11-14)17(20)10-23-16-9-12(2)15(18)8-13(16)3/h1,8-9,14H,5-7,10-11H2,2-3H3/t14-/m1/s1. The average Bonchev–Trinajstić information content (AvgIpc) is 2.86. The van der Waals surface area contributed by atoms with Gasteiger partial charge in [0.1, 0.15) is 0 Å². The van der Waals surface area contributed by atoms with Gasteiger partial charge in [0.15, 0.2) is 9.84 Å². The molecule has 0 spiro atoms. The Balaban J connectivity index is 2.06. The minimum Gasteiger partial charge on any atom is -0.327 e. The fourth-order valence-electron chi connectivity index (χ4n) is 2.67. The number of carbonyl (C=O) groups excluding carboxylic acids is 1. The highest BCUT2D eigenvalue weighted by Crippen LogP contribution is 2.29. The molecule has 0 radical (unpaired) electrons. The first-order valence-corrected chi connectivity index (χ1v) is 11.2. The molecular formula is C17H20BrNO3S2.